The fourth-order valence-corrected chi connectivity index (χ4v) is 2.99. The highest BCUT2D eigenvalue weighted by Gasteiger charge is 2.20. The SMILES string of the molecule is O=C(O)c1ccccc1-c1nccn1-c1cccc2c1CCO2. The van der Waals surface area contributed by atoms with Gasteiger partial charge in [0, 0.05) is 29.9 Å². The van der Waals surface area contributed by atoms with Crippen LogP contribution in [-0.4, -0.2) is 27.2 Å². The highest BCUT2D eigenvalue weighted by molar-refractivity contribution is 5.95. The van der Waals surface area contributed by atoms with Crippen molar-refractivity contribution in [2.75, 3.05) is 6.61 Å². The van der Waals surface area contributed by atoms with Crippen LogP contribution in [0.2, 0.25) is 0 Å². The maximum Gasteiger partial charge on any atom is 0.336 e. The van der Waals surface area contributed by atoms with Gasteiger partial charge in [-0.1, -0.05) is 24.3 Å². The minimum absolute atomic E-state index is 0.240. The smallest absolute Gasteiger partial charge is 0.336 e. The van der Waals surface area contributed by atoms with Crippen molar-refractivity contribution in [2.45, 2.75) is 6.42 Å². The molecule has 114 valence electrons. The number of carboxylic acids is 1. The van der Waals surface area contributed by atoms with E-state index in [9.17, 15) is 9.90 Å². The summed E-state index contributed by atoms with van der Waals surface area (Å²) >= 11 is 0. The third-order valence-electron chi connectivity index (χ3n) is 4.02. The Morgan fingerprint density at radius 1 is 1.17 bits per heavy atom. The van der Waals surface area contributed by atoms with Gasteiger partial charge in [0.2, 0.25) is 0 Å². The van der Waals surface area contributed by atoms with Crippen molar-refractivity contribution in [1.82, 2.24) is 9.55 Å². The molecule has 3 aromatic rings. The molecule has 1 aromatic heterocycles. The normalized spacial score (nSPS) is 12.7. The van der Waals surface area contributed by atoms with Crippen molar-refractivity contribution < 1.29 is 14.6 Å². The van der Waals surface area contributed by atoms with E-state index in [1.807, 2.05) is 35.0 Å². The summed E-state index contributed by atoms with van der Waals surface area (Å²) in [7, 11) is 0. The first-order valence-corrected chi connectivity index (χ1v) is 7.37. The zero-order valence-electron chi connectivity index (χ0n) is 12.3. The molecule has 23 heavy (non-hydrogen) atoms. The van der Waals surface area contributed by atoms with E-state index in [1.165, 1.54) is 0 Å². The Kier molecular flexibility index (Phi) is 3.12. The number of carboxylic acid groups (broad SMARTS) is 1. The van der Waals surface area contributed by atoms with E-state index < -0.39 is 5.97 Å². The van der Waals surface area contributed by atoms with Crippen LogP contribution < -0.4 is 4.74 Å². The molecule has 5 heteroatoms. The molecule has 0 atom stereocenters. The van der Waals surface area contributed by atoms with Gasteiger partial charge in [-0.25, -0.2) is 9.78 Å². The molecule has 0 aliphatic carbocycles. The molecule has 2 heterocycles. The van der Waals surface area contributed by atoms with Gasteiger partial charge < -0.3 is 9.84 Å². The number of carbonyl (C=O) groups is 1. The lowest BCUT2D eigenvalue weighted by Gasteiger charge is -2.13. The number of aromatic nitrogens is 2. The van der Waals surface area contributed by atoms with Gasteiger partial charge >= 0.3 is 5.97 Å². The van der Waals surface area contributed by atoms with Crippen LogP contribution in [0.15, 0.2) is 54.9 Å². The molecule has 0 radical (unpaired) electrons. The zero-order valence-corrected chi connectivity index (χ0v) is 12.3. The molecule has 0 amide bonds. The number of aromatic carboxylic acids is 1. The molecule has 0 fully saturated rings. The molecular formula is C18H14N2O3. The standard InChI is InChI=1S/C18H14N2O3/c21-18(22)13-5-2-1-4-12(13)17-19-9-10-20(17)15-6-3-7-16-14(15)8-11-23-16/h1-7,9-10H,8,11H2,(H,21,22). The number of nitrogens with zero attached hydrogens (tertiary/aromatic N) is 2. The summed E-state index contributed by atoms with van der Waals surface area (Å²) in [5, 5.41) is 9.42. The lowest BCUT2D eigenvalue weighted by Crippen LogP contribution is -2.04. The molecule has 1 aliphatic heterocycles. The number of fused-ring (bicyclic) bond motifs is 1. The second-order valence-electron chi connectivity index (χ2n) is 5.32. The van der Waals surface area contributed by atoms with Gasteiger partial charge in [0.15, 0.2) is 0 Å². The number of imidazole rings is 1. The van der Waals surface area contributed by atoms with Crippen LogP contribution in [0.1, 0.15) is 15.9 Å². The van der Waals surface area contributed by atoms with Crippen molar-refractivity contribution in [2.24, 2.45) is 0 Å². The molecule has 0 bridgehead atoms. The first-order valence-electron chi connectivity index (χ1n) is 7.37. The molecule has 0 unspecified atom stereocenters. The quantitative estimate of drug-likeness (QED) is 0.807. The lowest BCUT2D eigenvalue weighted by molar-refractivity contribution is 0.0697. The molecule has 5 nitrogen and oxygen atoms in total. The molecular weight excluding hydrogens is 292 g/mol. The second-order valence-corrected chi connectivity index (χ2v) is 5.32. The van der Waals surface area contributed by atoms with Crippen LogP contribution in [0.4, 0.5) is 0 Å². The summed E-state index contributed by atoms with van der Waals surface area (Å²) in [5.41, 5.74) is 2.94. The first kappa shape index (κ1) is 13.6. The minimum Gasteiger partial charge on any atom is -0.493 e. The molecule has 2 aromatic carbocycles. The monoisotopic (exact) mass is 306 g/mol. The van der Waals surface area contributed by atoms with Crippen LogP contribution >= 0.6 is 0 Å². The summed E-state index contributed by atoms with van der Waals surface area (Å²) in [5.74, 6) is 0.536. The van der Waals surface area contributed by atoms with E-state index in [4.69, 9.17) is 4.74 Å². The summed E-state index contributed by atoms with van der Waals surface area (Å²) in [4.78, 5) is 15.9. The van der Waals surface area contributed by atoms with Gasteiger partial charge in [-0.2, -0.15) is 0 Å². The average Bonchev–Trinajstić information content (AvgIpc) is 3.23. The minimum atomic E-state index is -0.961. The van der Waals surface area contributed by atoms with Gasteiger partial charge in [-0.05, 0) is 18.2 Å². The van der Waals surface area contributed by atoms with Crippen molar-refractivity contribution in [3.8, 4) is 22.8 Å². The maximum absolute atomic E-state index is 11.5. The van der Waals surface area contributed by atoms with E-state index >= 15 is 0 Å². The highest BCUT2D eigenvalue weighted by atomic mass is 16.5. The number of benzene rings is 2. The zero-order chi connectivity index (χ0) is 15.8. The van der Waals surface area contributed by atoms with Crippen molar-refractivity contribution in [1.29, 1.82) is 0 Å². The highest BCUT2D eigenvalue weighted by Crippen LogP contribution is 2.33. The largest absolute Gasteiger partial charge is 0.493 e. The molecule has 0 spiro atoms. The maximum atomic E-state index is 11.5. The second kappa shape index (κ2) is 5.28. The van der Waals surface area contributed by atoms with Crippen LogP contribution in [-0.2, 0) is 6.42 Å². The summed E-state index contributed by atoms with van der Waals surface area (Å²) in [6.07, 6.45) is 4.37. The molecule has 1 aliphatic rings. The van der Waals surface area contributed by atoms with Gasteiger partial charge in [-0.3, -0.25) is 4.57 Å². The number of hydrogen-bond acceptors (Lipinski definition) is 3. The van der Waals surface area contributed by atoms with Crippen molar-refractivity contribution in [3.05, 3.63) is 66.0 Å². The van der Waals surface area contributed by atoms with Crippen LogP contribution in [0.25, 0.3) is 17.1 Å². The fourth-order valence-electron chi connectivity index (χ4n) is 2.99. The molecule has 4 rings (SSSR count). The number of rotatable bonds is 3. The Labute approximate surface area is 132 Å². The van der Waals surface area contributed by atoms with Crippen molar-refractivity contribution >= 4 is 5.97 Å². The van der Waals surface area contributed by atoms with E-state index in [2.05, 4.69) is 4.98 Å². The average molecular weight is 306 g/mol. The predicted molar refractivity (Wildman–Crippen MR) is 85.2 cm³/mol. The third kappa shape index (κ3) is 2.17. The molecule has 0 saturated carbocycles. The lowest BCUT2D eigenvalue weighted by atomic mass is 10.1. The summed E-state index contributed by atoms with van der Waals surface area (Å²) in [6.45, 7) is 0.669. The number of ether oxygens (including phenoxy) is 1. The Morgan fingerprint density at radius 3 is 2.91 bits per heavy atom. The van der Waals surface area contributed by atoms with Gasteiger partial charge in [0.1, 0.15) is 11.6 Å². The van der Waals surface area contributed by atoms with E-state index in [1.54, 1.807) is 24.4 Å². The van der Waals surface area contributed by atoms with Gasteiger partial charge in [-0.15, -0.1) is 0 Å². The first-order chi connectivity index (χ1) is 11.3. The molecule has 1 N–H and O–H groups in total. The van der Waals surface area contributed by atoms with Crippen LogP contribution in [0, 0.1) is 0 Å². The van der Waals surface area contributed by atoms with Crippen LogP contribution in [0.3, 0.4) is 0 Å². The fraction of sp³-hybridized carbons (Fsp3) is 0.111. The van der Waals surface area contributed by atoms with Gasteiger partial charge in [0.05, 0.1) is 17.9 Å². The summed E-state index contributed by atoms with van der Waals surface area (Å²) < 4.78 is 7.54. The summed E-state index contributed by atoms with van der Waals surface area (Å²) in [6, 6.07) is 12.8. The predicted octanol–water partition coefficient (Wildman–Crippen LogP) is 3.17. The van der Waals surface area contributed by atoms with E-state index in [0.717, 1.165) is 23.4 Å². The van der Waals surface area contributed by atoms with E-state index in [-0.39, 0.29) is 5.56 Å². The van der Waals surface area contributed by atoms with Gasteiger partial charge in [0.25, 0.3) is 0 Å². The Hall–Kier alpha value is -3.08. The topological polar surface area (TPSA) is 64.3 Å². The van der Waals surface area contributed by atoms with E-state index in [0.29, 0.717) is 18.0 Å². The van der Waals surface area contributed by atoms with Crippen LogP contribution in [0.5, 0.6) is 5.75 Å². The Bertz CT molecular complexity index is 899. The Morgan fingerprint density at radius 2 is 2.04 bits per heavy atom. The number of hydrogen-bond donors (Lipinski definition) is 1. The van der Waals surface area contributed by atoms with Crippen molar-refractivity contribution in [3.63, 3.8) is 0 Å². The third-order valence-corrected chi connectivity index (χ3v) is 4.02. The molecule has 0 saturated heterocycles. The Balaban J connectivity index is 1.92.